The van der Waals surface area contributed by atoms with Crippen molar-refractivity contribution in [3.63, 3.8) is 0 Å². The first-order valence-electron chi connectivity index (χ1n) is 7.72. The number of aryl methyl sites for hydroxylation is 2. The molecule has 1 atom stereocenters. The fourth-order valence-corrected chi connectivity index (χ4v) is 2.84. The molecule has 2 rings (SSSR count). The number of nitrogens with zero attached hydrogens (tertiary/aromatic N) is 3. The van der Waals surface area contributed by atoms with Gasteiger partial charge in [-0.15, -0.1) is 0 Å². The van der Waals surface area contributed by atoms with Gasteiger partial charge in [-0.2, -0.15) is 5.10 Å². The van der Waals surface area contributed by atoms with Crippen LogP contribution in [-0.2, 0) is 13.5 Å². The fourth-order valence-electron chi connectivity index (χ4n) is 2.84. The van der Waals surface area contributed by atoms with E-state index in [1.165, 1.54) is 0 Å². The maximum atomic E-state index is 12.8. The lowest BCUT2D eigenvalue weighted by Gasteiger charge is -2.34. The molecule has 0 aliphatic carbocycles. The zero-order chi connectivity index (χ0) is 14.5. The summed E-state index contributed by atoms with van der Waals surface area (Å²) in [6, 6.07) is 2.25. The molecular weight excluding hydrogens is 252 g/mol. The van der Waals surface area contributed by atoms with Crippen molar-refractivity contribution in [2.24, 2.45) is 7.05 Å². The zero-order valence-corrected chi connectivity index (χ0v) is 12.9. The van der Waals surface area contributed by atoms with Crippen LogP contribution in [0.25, 0.3) is 0 Å². The molecule has 0 spiro atoms. The molecule has 1 N–H and O–H groups in total. The van der Waals surface area contributed by atoms with Gasteiger partial charge in [0, 0.05) is 26.2 Å². The summed E-state index contributed by atoms with van der Waals surface area (Å²) in [4.78, 5) is 14.9. The number of amides is 1. The molecule has 0 radical (unpaired) electrons. The molecule has 5 heteroatoms. The van der Waals surface area contributed by atoms with Crippen LogP contribution in [0, 0.1) is 0 Å². The summed E-state index contributed by atoms with van der Waals surface area (Å²) in [6.45, 7) is 6.97. The van der Waals surface area contributed by atoms with Crippen molar-refractivity contribution in [1.82, 2.24) is 20.0 Å². The van der Waals surface area contributed by atoms with Crippen molar-refractivity contribution in [2.75, 3.05) is 19.6 Å². The molecule has 1 aliphatic heterocycles. The molecule has 1 aromatic rings. The second-order valence-electron chi connectivity index (χ2n) is 5.50. The molecule has 1 saturated heterocycles. The number of hydrogen-bond acceptors (Lipinski definition) is 3. The Hall–Kier alpha value is -1.36. The number of nitrogens with one attached hydrogen (secondary N) is 1. The molecule has 1 amide bonds. The second kappa shape index (κ2) is 6.88. The van der Waals surface area contributed by atoms with Gasteiger partial charge in [0.05, 0.1) is 5.69 Å². The average Bonchev–Trinajstić information content (AvgIpc) is 2.86. The van der Waals surface area contributed by atoms with Crippen molar-refractivity contribution >= 4 is 5.91 Å². The third-order valence-electron chi connectivity index (χ3n) is 3.95. The molecule has 1 aliphatic rings. The van der Waals surface area contributed by atoms with Gasteiger partial charge in [0.2, 0.25) is 0 Å². The first-order chi connectivity index (χ1) is 9.67. The monoisotopic (exact) mass is 278 g/mol. The Kier molecular flexibility index (Phi) is 5.17. The van der Waals surface area contributed by atoms with Gasteiger partial charge < -0.3 is 10.2 Å². The van der Waals surface area contributed by atoms with Crippen LogP contribution >= 0.6 is 0 Å². The minimum Gasteiger partial charge on any atom is -0.333 e. The molecule has 0 saturated carbocycles. The van der Waals surface area contributed by atoms with Gasteiger partial charge in [-0.1, -0.05) is 13.8 Å². The van der Waals surface area contributed by atoms with Crippen molar-refractivity contribution in [1.29, 1.82) is 0 Å². The van der Waals surface area contributed by atoms with E-state index in [-0.39, 0.29) is 5.91 Å². The van der Waals surface area contributed by atoms with Crippen LogP contribution in [0.4, 0.5) is 0 Å². The quantitative estimate of drug-likeness (QED) is 0.890. The van der Waals surface area contributed by atoms with E-state index in [9.17, 15) is 4.79 Å². The van der Waals surface area contributed by atoms with Crippen LogP contribution in [0.5, 0.6) is 0 Å². The van der Waals surface area contributed by atoms with Gasteiger partial charge in [-0.25, -0.2) is 0 Å². The normalized spacial score (nSPS) is 19.1. The Morgan fingerprint density at radius 2 is 2.35 bits per heavy atom. The van der Waals surface area contributed by atoms with Gasteiger partial charge >= 0.3 is 0 Å². The van der Waals surface area contributed by atoms with E-state index in [2.05, 4.69) is 24.3 Å². The maximum Gasteiger partial charge on any atom is 0.272 e. The van der Waals surface area contributed by atoms with Crippen molar-refractivity contribution in [3.8, 4) is 0 Å². The number of rotatable bonds is 5. The molecule has 1 fully saturated rings. The highest BCUT2D eigenvalue weighted by molar-refractivity contribution is 5.93. The van der Waals surface area contributed by atoms with Crippen molar-refractivity contribution in [2.45, 2.75) is 45.6 Å². The van der Waals surface area contributed by atoms with E-state index in [1.807, 2.05) is 18.0 Å². The Morgan fingerprint density at radius 3 is 2.90 bits per heavy atom. The van der Waals surface area contributed by atoms with Crippen LogP contribution in [0.3, 0.4) is 0 Å². The molecule has 1 unspecified atom stereocenters. The predicted octanol–water partition coefficient (Wildman–Crippen LogP) is 1.59. The number of piperidine rings is 1. The van der Waals surface area contributed by atoms with Crippen LogP contribution in [0.1, 0.15) is 49.3 Å². The summed E-state index contributed by atoms with van der Waals surface area (Å²) in [5.41, 5.74) is 1.69. The lowest BCUT2D eigenvalue weighted by atomic mass is 10.0. The Labute approximate surface area is 121 Å². The molecule has 5 nitrogen and oxygen atoms in total. The maximum absolute atomic E-state index is 12.8. The molecular formula is C15H26N4O. The first kappa shape index (κ1) is 15.0. The van der Waals surface area contributed by atoms with Gasteiger partial charge in [0.15, 0.2) is 0 Å². The lowest BCUT2D eigenvalue weighted by molar-refractivity contribution is 0.0637. The van der Waals surface area contributed by atoms with Crippen LogP contribution in [0.15, 0.2) is 6.07 Å². The van der Waals surface area contributed by atoms with E-state index in [4.69, 9.17) is 0 Å². The van der Waals surface area contributed by atoms with Gasteiger partial charge in [-0.05, 0) is 38.3 Å². The van der Waals surface area contributed by atoms with Crippen molar-refractivity contribution in [3.05, 3.63) is 17.5 Å². The largest absolute Gasteiger partial charge is 0.333 e. The van der Waals surface area contributed by atoms with Gasteiger partial charge in [0.1, 0.15) is 5.69 Å². The number of aromatic nitrogens is 2. The first-order valence-corrected chi connectivity index (χ1v) is 7.72. The third kappa shape index (κ3) is 3.20. The number of carbonyl (C=O) groups is 1. The number of carbonyl (C=O) groups excluding carboxylic acids is 1. The topological polar surface area (TPSA) is 50.2 Å². The van der Waals surface area contributed by atoms with Gasteiger partial charge in [0.25, 0.3) is 5.91 Å². The lowest BCUT2D eigenvalue weighted by Crippen LogP contribution is -2.49. The van der Waals surface area contributed by atoms with Crippen LogP contribution in [0.2, 0.25) is 0 Å². The minimum atomic E-state index is 0.121. The van der Waals surface area contributed by atoms with E-state index in [0.29, 0.717) is 11.7 Å². The minimum absolute atomic E-state index is 0.121. The number of hydrogen-bond donors (Lipinski definition) is 1. The van der Waals surface area contributed by atoms with Crippen LogP contribution in [-0.4, -0.2) is 46.3 Å². The van der Waals surface area contributed by atoms with Crippen molar-refractivity contribution < 1.29 is 4.79 Å². The molecule has 1 aromatic heterocycles. The standard InChI is InChI=1S/C15H26N4O/c1-4-9-19(13-7-6-8-16-11-13)15(20)14-10-12(5-2)17-18(14)3/h10,13,16H,4-9,11H2,1-3H3. The summed E-state index contributed by atoms with van der Waals surface area (Å²) in [5.74, 6) is 0.121. The molecule has 2 heterocycles. The summed E-state index contributed by atoms with van der Waals surface area (Å²) >= 11 is 0. The summed E-state index contributed by atoms with van der Waals surface area (Å²) in [7, 11) is 1.86. The predicted molar refractivity (Wildman–Crippen MR) is 79.8 cm³/mol. The Balaban J connectivity index is 2.18. The van der Waals surface area contributed by atoms with Gasteiger partial charge in [-0.3, -0.25) is 9.48 Å². The van der Waals surface area contributed by atoms with E-state index < -0.39 is 0 Å². The highest BCUT2D eigenvalue weighted by atomic mass is 16.2. The Morgan fingerprint density at radius 1 is 1.55 bits per heavy atom. The summed E-state index contributed by atoms with van der Waals surface area (Å²) in [6.07, 6.45) is 4.08. The third-order valence-corrected chi connectivity index (χ3v) is 3.95. The Bertz CT molecular complexity index is 449. The molecule has 0 bridgehead atoms. The van der Waals surface area contributed by atoms with Crippen LogP contribution < -0.4 is 5.32 Å². The smallest absolute Gasteiger partial charge is 0.272 e. The highest BCUT2D eigenvalue weighted by Gasteiger charge is 2.27. The SMILES string of the molecule is CCCN(C(=O)c1cc(CC)nn1C)C1CCCNC1. The molecule has 0 aromatic carbocycles. The van der Waals surface area contributed by atoms with E-state index >= 15 is 0 Å². The van der Waals surface area contributed by atoms with E-state index in [0.717, 1.165) is 51.0 Å². The zero-order valence-electron chi connectivity index (χ0n) is 12.9. The second-order valence-corrected chi connectivity index (χ2v) is 5.50. The highest BCUT2D eigenvalue weighted by Crippen LogP contribution is 2.16. The van der Waals surface area contributed by atoms with E-state index in [1.54, 1.807) is 4.68 Å². The summed E-state index contributed by atoms with van der Waals surface area (Å²) < 4.78 is 1.72. The molecule has 20 heavy (non-hydrogen) atoms. The average molecular weight is 278 g/mol. The molecule has 112 valence electrons. The summed E-state index contributed by atoms with van der Waals surface area (Å²) in [5, 5.41) is 7.79. The fraction of sp³-hybridized carbons (Fsp3) is 0.733.